The molecule has 0 bridgehead atoms. The molecule has 0 aliphatic carbocycles. The van der Waals surface area contributed by atoms with E-state index in [4.69, 9.17) is 5.26 Å². The lowest BCUT2D eigenvalue weighted by molar-refractivity contribution is -0.124. The van der Waals surface area contributed by atoms with Crippen LogP contribution >= 0.6 is 15.9 Å². The molecule has 1 heterocycles. The molecular weight excluding hydrogens is 325 g/mol. The van der Waals surface area contributed by atoms with Crippen LogP contribution in [0, 0.1) is 23.1 Å². The molecule has 0 radical (unpaired) electrons. The van der Waals surface area contributed by atoms with Crippen LogP contribution in [0.4, 0.5) is 10.1 Å². The van der Waals surface area contributed by atoms with Gasteiger partial charge in [-0.2, -0.15) is 5.26 Å². The second kappa shape index (κ2) is 6.23. The Morgan fingerprint density at radius 2 is 2.35 bits per heavy atom. The van der Waals surface area contributed by atoms with Crippen LogP contribution in [0.5, 0.6) is 0 Å². The Labute approximate surface area is 125 Å². The maximum absolute atomic E-state index is 14.3. The average molecular weight is 340 g/mol. The minimum Gasteiger partial charge on any atom is -0.368 e. The second-order valence-electron chi connectivity index (χ2n) is 4.77. The molecule has 1 fully saturated rings. The lowest BCUT2D eigenvalue weighted by Gasteiger charge is -2.33. The third-order valence-corrected chi connectivity index (χ3v) is 4.34. The number of nitrogens with zero attached hydrogens (tertiary/aromatic N) is 2. The third-order valence-electron chi connectivity index (χ3n) is 3.56. The summed E-state index contributed by atoms with van der Waals surface area (Å²) in [6.07, 6.45) is 1.66. The van der Waals surface area contributed by atoms with Crippen LogP contribution in [-0.2, 0) is 4.79 Å². The van der Waals surface area contributed by atoms with Gasteiger partial charge in [0.2, 0.25) is 5.91 Å². The smallest absolute Gasteiger partial charge is 0.224 e. The molecular formula is C14H15BrFN3O. The molecule has 2 rings (SSSR count). The van der Waals surface area contributed by atoms with Gasteiger partial charge in [-0.25, -0.2) is 4.39 Å². The molecule has 1 saturated heterocycles. The molecule has 20 heavy (non-hydrogen) atoms. The highest BCUT2D eigenvalue weighted by molar-refractivity contribution is 9.10. The summed E-state index contributed by atoms with van der Waals surface area (Å²) in [6, 6.07) is 5.12. The Morgan fingerprint density at radius 3 is 3.00 bits per heavy atom. The van der Waals surface area contributed by atoms with Gasteiger partial charge in [0.1, 0.15) is 6.07 Å². The number of nitriles is 1. The van der Waals surface area contributed by atoms with E-state index in [0.29, 0.717) is 18.8 Å². The fourth-order valence-electron chi connectivity index (χ4n) is 2.48. The molecule has 0 saturated carbocycles. The number of anilines is 1. The van der Waals surface area contributed by atoms with Crippen LogP contribution in [0.15, 0.2) is 16.6 Å². The quantitative estimate of drug-likeness (QED) is 0.900. The number of hydrogen-bond donors (Lipinski definition) is 1. The van der Waals surface area contributed by atoms with Gasteiger partial charge in [-0.15, -0.1) is 0 Å². The summed E-state index contributed by atoms with van der Waals surface area (Å²) in [5, 5.41) is 11.5. The topological polar surface area (TPSA) is 56.1 Å². The molecule has 1 aromatic carbocycles. The van der Waals surface area contributed by atoms with E-state index in [1.54, 1.807) is 19.2 Å². The zero-order valence-corrected chi connectivity index (χ0v) is 12.7. The van der Waals surface area contributed by atoms with Crippen molar-refractivity contribution in [2.45, 2.75) is 12.8 Å². The van der Waals surface area contributed by atoms with E-state index in [1.165, 1.54) is 0 Å². The first-order chi connectivity index (χ1) is 9.58. The molecule has 1 aliphatic rings. The first-order valence-electron chi connectivity index (χ1n) is 6.43. The summed E-state index contributed by atoms with van der Waals surface area (Å²) in [5.41, 5.74) is 0.704. The van der Waals surface area contributed by atoms with Crippen molar-refractivity contribution in [1.82, 2.24) is 5.32 Å². The fourth-order valence-corrected chi connectivity index (χ4v) is 2.91. The Kier molecular flexibility index (Phi) is 4.61. The molecule has 0 spiro atoms. The summed E-state index contributed by atoms with van der Waals surface area (Å²) in [6.45, 7) is 1.21. The number of rotatable bonds is 2. The highest BCUT2D eigenvalue weighted by Crippen LogP contribution is 2.31. The molecule has 106 valence electrons. The monoisotopic (exact) mass is 339 g/mol. The summed E-state index contributed by atoms with van der Waals surface area (Å²) < 4.78 is 14.5. The summed E-state index contributed by atoms with van der Waals surface area (Å²) in [7, 11) is 1.61. The van der Waals surface area contributed by atoms with Crippen molar-refractivity contribution in [3.05, 3.63) is 28.0 Å². The summed E-state index contributed by atoms with van der Waals surface area (Å²) >= 11 is 3.11. The highest BCUT2D eigenvalue weighted by atomic mass is 79.9. The van der Waals surface area contributed by atoms with Crippen molar-refractivity contribution < 1.29 is 9.18 Å². The Bertz CT molecular complexity index is 570. The van der Waals surface area contributed by atoms with E-state index in [9.17, 15) is 9.18 Å². The number of piperidine rings is 1. The summed E-state index contributed by atoms with van der Waals surface area (Å²) in [5.74, 6) is -0.577. The van der Waals surface area contributed by atoms with Crippen molar-refractivity contribution in [3.8, 4) is 6.07 Å². The minimum atomic E-state index is -0.443. The van der Waals surface area contributed by atoms with E-state index >= 15 is 0 Å². The fraction of sp³-hybridized carbons (Fsp3) is 0.429. The number of halogens is 2. The van der Waals surface area contributed by atoms with Crippen molar-refractivity contribution in [2.24, 2.45) is 5.92 Å². The van der Waals surface area contributed by atoms with Crippen molar-refractivity contribution in [3.63, 3.8) is 0 Å². The van der Waals surface area contributed by atoms with E-state index < -0.39 is 5.82 Å². The molecule has 1 unspecified atom stereocenters. The predicted molar refractivity (Wildman–Crippen MR) is 77.8 cm³/mol. The first-order valence-corrected chi connectivity index (χ1v) is 7.22. The Balaban J connectivity index is 2.26. The van der Waals surface area contributed by atoms with Crippen LogP contribution in [0.25, 0.3) is 0 Å². The molecule has 1 N–H and O–H groups in total. The zero-order chi connectivity index (χ0) is 14.7. The summed E-state index contributed by atoms with van der Waals surface area (Å²) in [4.78, 5) is 13.6. The van der Waals surface area contributed by atoms with Gasteiger partial charge in [-0.05, 0) is 40.9 Å². The number of nitrogens with one attached hydrogen (secondary N) is 1. The van der Waals surface area contributed by atoms with Crippen LogP contribution in [0.2, 0.25) is 0 Å². The highest BCUT2D eigenvalue weighted by Gasteiger charge is 2.27. The number of amides is 1. The largest absolute Gasteiger partial charge is 0.368 e. The van der Waals surface area contributed by atoms with Gasteiger partial charge in [-0.1, -0.05) is 0 Å². The minimum absolute atomic E-state index is 0.0113. The number of carbonyl (C=O) groups is 1. The SMILES string of the molecule is CNC(=O)C1CCCN(c2ccc(C#N)c(Br)c2F)C1. The van der Waals surface area contributed by atoms with Crippen molar-refractivity contribution in [2.75, 3.05) is 25.0 Å². The van der Waals surface area contributed by atoms with Crippen LogP contribution in [0.3, 0.4) is 0 Å². The Hall–Kier alpha value is -1.61. The van der Waals surface area contributed by atoms with Crippen molar-refractivity contribution in [1.29, 1.82) is 5.26 Å². The maximum atomic E-state index is 14.3. The van der Waals surface area contributed by atoms with Gasteiger partial charge in [0, 0.05) is 20.1 Å². The normalized spacial score (nSPS) is 18.5. The second-order valence-corrected chi connectivity index (χ2v) is 5.56. The third kappa shape index (κ3) is 2.78. The van der Waals surface area contributed by atoms with Crippen LogP contribution in [0.1, 0.15) is 18.4 Å². The van der Waals surface area contributed by atoms with E-state index in [1.807, 2.05) is 11.0 Å². The number of benzene rings is 1. The van der Waals surface area contributed by atoms with Gasteiger partial charge in [-0.3, -0.25) is 4.79 Å². The van der Waals surface area contributed by atoms with Gasteiger partial charge >= 0.3 is 0 Å². The van der Waals surface area contributed by atoms with Crippen LogP contribution < -0.4 is 10.2 Å². The number of hydrogen-bond acceptors (Lipinski definition) is 3. The molecule has 1 aliphatic heterocycles. The first kappa shape index (κ1) is 14.8. The van der Waals surface area contributed by atoms with E-state index in [-0.39, 0.29) is 21.9 Å². The lowest BCUT2D eigenvalue weighted by atomic mass is 9.96. The lowest BCUT2D eigenvalue weighted by Crippen LogP contribution is -2.42. The van der Waals surface area contributed by atoms with Gasteiger partial charge in [0.25, 0.3) is 0 Å². The average Bonchev–Trinajstić information content (AvgIpc) is 2.49. The molecule has 1 amide bonds. The predicted octanol–water partition coefficient (Wildman–Crippen LogP) is 2.42. The van der Waals surface area contributed by atoms with E-state index in [0.717, 1.165) is 12.8 Å². The molecule has 1 aromatic rings. The number of carbonyl (C=O) groups excluding carboxylic acids is 1. The van der Waals surface area contributed by atoms with Crippen molar-refractivity contribution >= 4 is 27.5 Å². The van der Waals surface area contributed by atoms with Gasteiger partial charge < -0.3 is 10.2 Å². The van der Waals surface area contributed by atoms with Crippen LogP contribution in [-0.4, -0.2) is 26.0 Å². The van der Waals surface area contributed by atoms with Gasteiger partial charge in [0.15, 0.2) is 5.82 Å². The zero-order valence-electron chi connectivity index (χ0n) is 11.1. The Morgan fingerprint density at radius 1 is 1.60 bits per heavy atom. The molecule has 0 aromatic heterocycles. The standard InChI is InChI=1S/C14H15BrFN3O/c1-18-14(20)10-3-2-6-19(8-10)11-5-4-9(7-17)12(15)13(11)16/h4-5,10H,2-3,6,8H2,1H3,(H,18,20). The molecule has 4 nitrogen and oxygen atoms in total. The van der Waals surface area contributed by atoms with E-state index in [2.05, 4.69) is 21.2 Å². The maximum Gasteiger partial charge on any atom is 0.224 e. The van der Waals surface area contributed by atoms with Gasteiger partial charge in [0.05, 0.1) is 21.6 Å². The molecule has 6 heteroatoms. The molecule has 1 atom stereocenters.